The first-order chi connectivity index (χ1) is 9.54. The molecule has 1 saturated heterocycles. The molecule has 0 atom stereocenters. The van der Waals surface area contributed by atoms with Crippen LogP contribution < -0.4 is 5.73 Å². The second kappa shape index (κ2) is 6.62. The summed E-state index contributed by atoms with van der Waals surface area (Å²) in [6, 6.07) is 5.50. The number of hydrogen-bond donors (Lipinski definition) is 1. The average Bonchev–Trinajstić information content (AvgIpc) is 2.48. The van der Waals surface area contributed by atoms with E-state index in [1.807, 2.05) is 18.2 Å². The van der Waals surface area contributed by atoms with E-state index >= 15 is 0 Å². The van der Waals surface area contributed by atoms with E-state index in [9.17, 15) is 8.42 Å². The van der Waals surface area contributed by atoms with E-state index in [4.69, 9.17) is 5.73 Å². The van der Waals surface area contributed by atoms with E-state index in [-0.39, 0.29) is 0 Å². The summed E-state index contributed by atoms with van der Waals surface area (Å²) >= 11 is 0. The van der Waals surface area contributed by atoms with E-state index in [0.29, 0.717) is 32.1 Å². The number of aromatic nitrogens is 1. The zero-order chi connectivity index (χ0) is 14.6. The molecule has 2 rings (SSSR count). The maximum atomic E-state index is 12.5. The van der Waals surface area contributed by atoms with E-state index in [2.05, 4.69) is 4.98 Å². The Balaban J connectivity index is 1.99. The number of nitrogens with zero attached hydrogens (tertiary/aromatic N) is 3. The molecule has 0 spiro atoms. The van der Waals surface area contributed by atoms with Gasteiger partial charge in [0.05, 0.1) is 12.2 Å². The van der Waals surface area contributed by atoms with Crippen molar-refractivity contribution < 1.29 is 8.42 Å². The zero-order valence-corrected chi connectivity index (χ0v) is 12.6. The van der Waals surface area contributed by atoms with Gasteiger partial charge in [0.25, 0.3) is 10.2 Å². The number of hydrogen-bond acceptors (Lipinski definition) is 4. The molecule has 112 valence electrons. The highest BCUT2D eigenvalue weighted by Gasteiger charge is 2.30. The molecule has 0 aliphatic carbocycles. The molecule has 0 saturated carbocycles. The maximum Gasteiger partial charge on any atom is 0.282 e. The van der Waals surface area contributed by atoms with Crippen LogP contribution in [0.15, 0.2) is 24.4 Å². The summed E-state index contributed by atoms with van der Waals surface area (Å²) in [7, 11) is -1.81. The summed E-state index contributed by atoms with van der Waals surface area (Å²) in [4.78, 5) is 4.16. The first-order valence-electron chi connectivity index (χ1n) is 6.85. The molecule has 0 unspecified atom stereocenters. The van der Waals surface area contributed by atoms with Crippen molar-refractivity contribution >= 4 is 10.2 Å². The van der Waals surface area contributed by atoms with Gasteiger partial charge in [-0.05, 0) is 37.4 Å². The number of rotatable bonds is 5. The van der Waals surface area contributed by atoms with E-state index in [0.717, 1.165) is 18.5 Å². The van der Waals surface area contributed by atoms with Gasteiger partial charge in [0, 0.05) is 26.3 Å². The lowest BCUT2D eigenvalue weighted by Crippen LogP contribution is -2.46. The van der Waals surface area contributed by atoms with Crippen LogP contribution in [0.25, 0.3) is 0 Å². The van der Waals surface area contributed by atoms with Gasteiger partial charge in [0.15, 0.2) is 0 Å². The van der Waals surface area contributed by atoms with Crippen molar-refractivity contribution in [2.75, 3.05) is 26.7 Å². The monoisotopic (exact) mass is 298 g/mol. The lowest BCUT2D eigenvalue weighted by atomic mass is 9.99. The van der Waals surface area contributed by atoms with Gasteiger partial charge in [-0.15, -0.1) is 0 Å². The fourth-order valence-corrected chi connectivity index (χ4v) is 3.74. The van der Waals surface area contributed by atoms with Crippen LogP contribution in [-0.4, -0.2) is 48.7 Å². The molecule has 20 heavy (non-hydrogen) atoms. The molecule has 1 aromatic heterocycles. The van der Waals surface area contributed by atoms with Crippen LogP contribution in [0.5, 0.6) is 0 Å². The van der Waals surface area contributed by atoms with Crippen molar-refractivity contribution in [1.82, 2.24) is 13.6 Å². The first-order valence-corrected chi connectivity index (χ1v) is 8.25. The summed E-state index contributed by atoms with van der Waals surface area (Å²) in [6.07, 6.45) is 3.35. The Morgan fingerprint density at radius 3 is 2.65 bits per heavy atom. The molecule has 1 aromatic rings. The van der Waals surface area contributed by atoms with Crippen LogP contribution in [0.4, 0.5) is 0 Å². The lowest BCUT2D eigenvalue weighted by Gasteiger charge is -2.33. The molecule has 1 aliphatic heterocycles. The fraction of sp³-hybridized carbons (Fsp3) is 0.615. The summed E-state index contributed by atoms with van der Waals surface area (Å²) in [5.41, 5.74) is 6.38. The largest absolute Gasteiger partial charge is 0.330 e. The number of pyridine rings is 1. The van der Waals surface area contributed by atoms with Crippen LogP contribution in [0.1, 0.15) is 18.5 Å². The van der Waals surface area contributed by atoms with Crippen LogP contribution in [0, 0.1) is 5.92 Å². The molecule has 0 aromatic carbocycles. The van der Waals surface area contributed by atoms with Crippen molar-refractivity contribution in [3.8, 4) is 0 Å². The number of piperidine rings is 1. The zero-order valence-electron chi connectivity index (χ0n) is 11.8. The van der Waals surface area contributed by atoms with Crippen LogP contribution >= 0.6 is 0 Å². The average molecular weight is 298 g/mol. The second-order valence-corrected chi connectivity index (χ2v) is 7.20. The molecule has 0 amide bonds. The third-order valence-electron chi connectivity index (χ3n) is 3.74. The summed E-state index contributed by atoms with van der Waals surface area (Å²) < 4.78 is 27.9. The van der Waals surface area contributed by atoms with Crippen molar-refractivity contribution in [3.63, 3.8) is 0 Å². The van der Waals surface area contributed by atoms with Crippen molar-refractivity contribution in [1.29, 1.82) is 0 Å². The van der Waals surface area contributed by atoms with E-state index in [1.54, 1.807) is 17.5 Å². The Morgan fingerprint density at radius 1 is 1.40 bits per heavy atom. The Kier molecular flexibility index (Phi) is 5.09. The fourth-order valence-electron chi connectivity index (χ4n) is 2.37. The van der Waals surface area contributed by atoms with Gasteiger partial charge < -0.3 is 5.73 Å². The Morgan fingerprint density at radius 2 is 2.10 bits per heavy atom. The molecule has 2 N–H and O–H groups in total. The first kappa shape index (κ1) is 15.4. The van der Waals surface area contributed by atoms with Crippen molar-refractivity contribution in [2.45, 2.75) is 19.4 Å². The molecule has 2 heterocycles. The Bertz CT molecular complexity index is 512. The summed E-state index contributed by atoms with van der Waals surface area (Å²) in [6.45, 7) is 2.03. The van der Waals surface area contributed by atoms with Gasteiger partial charge in [-0.2, -0.15) is 17.0 Å². The van der Waals surface area contributed by atoms with Gasteiger partial charge in [-0.1, -0.05) is 6.07 Å². The summed E-state index contributed by atoms with van der Waals surface area (Å²) in [5, 5.41) is 0. The Hall–Kier alpha value is -1.02. The Labute approximate surface area is 120 Å². The van der Waals surface area contributed by atoms with Gasteiger partial charge >= 0.3 is 0 Å². The maximum absolute atomic E-state index is 12.5. The van der Waals surface area contributed by atoms with Crippen molar-refractivity contribution in [2.24, 2.45) is 11.7 Å². The highest BCUT2D eigenvalue weighted by molar-refractivity contribution is 7.86. The third-order valence-corrected chi connectivity index (χ3v) is 5.67. The van der Waals surface area contributed by atoms with Gasteiger partial charge in [0.1, 0.15) is 0 Å². The molecule has 1 fully saturated rings. The minimum absolute atomic E-state index is 0.292. The van der Waals surface area contributed by atoms with Gasteiger partial charge in [-0.25, -0.2) is 0 Å². The summed E-state index contributed by atoms with van der Waals surface area (Å²) in [5.74, 6) is 0.447. The lowest BCUT2D eigenvalue weighted by molar-refractivity contribution is 0.261. The third kappa shape index (κ3) is 3.54. The van der Waals surface area contributed by atoms with E-state index in [1.165, 1.54) is 4.31 Å². The second-order valence-electron chi connectivity index (χ2n) is 5.16. The predicted octanol–water partition coefficient (Wildman–Crippen LogP) is 0.429. The molecule has 6 nitrogen and oxygen atoms in total. The highest BCUT2D eigenvalue weighted by Crippen LogP contribution is 2.20. The normalized spacial score (nSPS) is 18.6. The molecule has 7 heteroatoms. The van der Waals surface area contributed by atoms with Crippen LogP contribution in [0.2, 0.25) is 0 Å². The molecule has 0 radical (unpaired) electrons. The minimum Gasteiger partial charge on any atom is -0.330 e. The topological polar surface area (TPSA) is 79.5 Å². The molecule has 1 aliphatic rings. The van der Waals surface area contributed by atoms with Crippen molar-refractivity contribution in [3.05, 3.63) is 30.1 Å². The van der Waals surface area contributed by atoms with E-state index < -0.39 is 10.2 Å². The van der Waals surface area contributed by atoms with Gasteiger partial charge in [-0.3, -0.25) is 4.98 Å². The molecular formula is C13H22N4O2S. The van der Waals surface area contributed by atoms with Gasteiger partial charge in [0.2, 0.25) is 0 Å². The smallest absolute Gasteiger partial charge is 0.282 e. The highest BCUT2D eigenvalue weighted by atomic mass is 32.2. The SMILES string of the molecule is CN(Cc1ccccn1)S(=O)(=O)N1CCC(CN)CC1. The van der Waals surface area contributed by atoms with Crippen LogP contribution in [-0.2, 0) is 16.8 Å². The molecular weight excluding hydrogens is 276 g/mol. The predicted molar refractivity (Wildman–Crippen MR) is 78.0 cm³/mol. The minimum atomic E-state index is -3.41. The number of nitrogens with two attached hydrogens (primary N) is 1. The molecule has 0 bridgehead atoms. The quantitative estimate of drug-likeness (QED) is 0.855. The van der Waals surface area contributed by atoms with Crippen LogP contribution in [0.3, 0.4) is 0 Å². The standard InChI is InChI=1S/C13H22N4O2S/c1-16(11-13-4-2-3-7-15-13)20(18,19)17-8-5-12(10-14)6-9-17/h2-4,7,12H,5-6,8-11,14H2,1H3.